The van der Waals surface area contributed by atoms with E-state index in [0.717, 1.165) is 0 Å². The van der Waals surface area contributed by atoms with E-state index in [-0.39, 0.29) is 12.2 Å². The van der Waals surface area contributed by atoms with Crippen molar-refractivity contribution in [3.63, 3.8) is 0 Å². The lowest BCUT2D eigenvalue weighted by Gasteiger charge is -1.97. The van der Waals surface area contributed by atoms with Crippen molar-refractivity contribution in [1.29, 1.82) is 0 Å². The van der Waals surface area contributed by atoms with Crippen molar-refractivity contribution in [1.82, 2.24) is 24.4 Å². The average molecular weight is 268 g/mol. The number of hydrogen-bond acceptors (Lipinski definition) is 4. The van der Waals surface area contributed by atoms with E-state index in [4.69, 9.17) is 0 Å². The summed E-state index contributed by atoms with van der Waals surface area (Å²) >= 11 is 3.17. The molecule has 0 atom stereocenters. The van der Waals surface area contributed by atoms with E-state index in [0.29, 0.717) is 10.3 Å². The van der Waals surface area contributed by atoms with Gasteiger partial charge in [-0.05, 0) is 22.9 Å². The SMILES string of the molecule is CC#CCn1nnc2c(Br)ncn2c1=O. The van der Waals surface area contributed by atoms with Gasteiger partial charge in [-0.25, -0.2) is 14.2 Å². The van der Waals surface area contributed by atoms with Crippen LogP contribution in [0.2, 0.25) is 0 Å². The van der Waals surface area contributed by atoms with Gasteiger partial charge < -0.3 is 0 Å². The monoisotopic (exact) mass is 267 g/mol. The zero-order valence-corrected chi connectivity index (χ0v) is 9.39. The molecule has 0 aliphatic carbocycles. The van der Waals surface area contributed by atoms with Gasteiger partial charge in [0.1, 0.15) is 12.9 Å². The van der Waals surface area contributed by atoms with E-state index in [1.807, 2.05) is 0 Å². The molecule has 6 nitrogen and oxygen atoms in total. The van der Waals surface area contributed by atoms with Gasteiger partial charge in [-0.15, -0.1) is 11.0 Å². The highest BCUT2D eigenvalue weighted by molar-refractivity contribution is 9.10. The molecule has 2 aromatic heterocycles. The van der Waals surface area contributed by atoms with E-state index in [2.05, 4.69) is 43.1 Å². The van der Waals surface area contributed by atoms with Gasteiger partial charge in [0, 0.05) is 0 Å². The van der Waals surface area contributed by atoms with Crippen LogP contribution in [0.3, 0.4) is 0 Å². The number of fused-ring (bicyclic) bond motifs is 1. The zero-order valence-electron chi connectivity index (χ0n) is 7.81. The van der Waals surface area contributed by atoms with Crippen LogP contribution in [-0.2, 0) is 6.54 Å². The Bertz CT molecular complexity index is 617. The van der Waals surface area contributed by atoms with Crippen LogP contribution in [0.4, 0.5) is 0 Å². The number of nitrogens with zero attached hydrogens (tertiary/aromatic N) is 5. The first-order valence-electron chi connectivity index (χ1n) is 4.10. The fourth-order valence-corrected chi connectivity index (χ4v) is 1.42. The zero-order chi connectivity index (χ0) is 10.8. The Balaban J connectivity index is 2.64. The summed E-state index contributed by atoms with van der Waals surface area (Å²) in [5, 5.41) is 7.59. The Morgan fingerprint density at radius 1 is 1.60 bits per heavy atom. The molecule has 0 aliphatic heterocycles. The van der Waals surface area contributed by atoms with Crippen LogP contribution in [-0.4, -0.2) is 24.4 Å². The van der Waals surface area contributed by atoms with Crippen molar-refractivity contribution in [2.45, 2.75) is 13.5 Å². The van der Waals surface area contributed by atoms with E-state index in [9.17, 15) is 4.79 Å². The van der Waals surface area contributed by atoms with Crippen LogP contribution in [0.1, 0.15) is 6.92 Å². The van der Waals surface area contributed by atoms with Gasteiger partial charge >= 0.3 is 5.69 Å². The van der Waals surface area contributed by atoms with Gasteiger partial charge in [0.25, 0.3) is 0 Å². The predicted octanol–water partition coefficient (Wildman–Crippen LogP) is 0.0718. The Labute approximate surface area is 93.1 Å². The third kappa shape index (κ3) is 1.64. The molecule has 0 aliphatic rings. The summed E-state index contributed by atoms with van der Waals surface area (Å²) in [6.07, 6.45) is 1.40. The molecule has 0 bridgehead atoms. The van der Waals surface area contributed by atoms with Gasteiger partial charge in [-0.2, -0.15) is 4.68 Å². The molecular weight excluding hydrogens is 262 g/mol. The summed E-state index contributed by atoms with van der Waals surface area (Å²) in [7, 11) is 0. The number of aromatic nitrogens is 5. The normalized spacial score (nSPS) is 10.0. The summed E-state index contributed by atoms with van der Waals surface area (Å²) < 4.78 is 2.99. The maximum absolute atomic E-state index is 11.7. The second-order valence-corrected chi connectivity index (χ2v) is 3.44. The van der Waals surface area contributed by atoms with Gasteiger partial charge in [0.2, 0.25) is 0 Å². The minimum absolute atomic E-state index is 0.230. The van der Waals surface area contributed by atoms with Crippen molar-refractivity contribution < 1.29 is 0 Å². The molecule has 0 aromatic carbocycles. The summed E-state index contributed by atoms with van der Waals surface area (Å²) in [5.41, 5.74) is 0.0988. The smallest absolute Gasteiger partial charge is 0.245 e. The van der Waals surface area contributed by atoms with Gasteiger partial charge in [-0.1, -0.05) is 11.1 Å². The van der Waals surface area contributed by atoms with Crippen molar-refractivity contribution >= 4 is 21.6 Å². The van der Waals surface area contributed by atoms with Crippen LogP contribution < -0.4 is 5.69 Å². The lowest BCUT2D eigenvalue weighted by Crippen LogP contribution is -2.29. The highest BCUT2D eigenvalue weighted by Gasteiger charge is 2.07. The van der Waals surface area contributed by atoms with Crippen LogP contribution in [0.15, 0.2) is 15.7 Å². The first kappa shape index (κ1) is 9.86. The van der Waals surface area contributed by atoms with Crippen molar-refractivity contribution in [3.8, 4) is 11.8 Å². The Hall–Kier alpha value is -1.68. The summed E-state index contributed by atoms with van der Waals surface area (Å²) in [6.45, 7) is 1.93. The molecule has 0 spiro atoms. The van der Waals surface area contributed by atoms with Crippen LogP contribution >= 0.6 is 15.9 Å². The molecule has 2 aromatic rings. The molecule has 2 heterocycles. The Kier molecular flexibility index (Phi) is 2.51. The second kappa shape index (κ2) is 3.82. The molecule has 0 radical (unpaired) electrons. The molecule has 0 amide bonds. The Morgan fingerprint density at radius 3 is 3.13 bits per heavy atom. The first-order valence-corrected chi connectivity index (χ1v) is 4.89. The molecule has 0 N–H and O–H groups in total. The third-order valence-electron chi connectivity index (χ3n) is 1.78. The molecule has 7 heteroatoms. The summed E-state index contributed by atoms with van der Waals surface area (Å²) in [5.74, 6) is 5.43. The van der Waals surface area contributed by atoms with Gasteiger partial charge in [-0.3, -0.25) is 0 Å². The van der Waals surface area contributed by atoms with Crippen LogP contribution in [0.25, 0.3) is 5.65 Å². The van der Waals surface area contributed by atoms with E-state index >= 15 is 0 Å². The first-order chi connectivity index (χ1) is 7.24. The van der Waals surface area contributed by atoms with E-state index in [1.165, 1.54) is 15.4 Å². The molecule has 0 saturated heterocycles. The maximum Gasteiger partial charge on any atom is 0.353 e. The predicted molar refractivity (Wildman–Crippen MR) is 56.2 cm³/mol. The van der Waals surface area contributed by atoms with Crippen molar-refractivity contribution in [2.24, 2.45) is 0 Å². The fourth-order valence-electron chi connectivity index (χ4n) is 1.06. The quantitative estimate of drug-likeness (QED) is 0.686. The number of rotatable bonds is 1. The highest BCUT2D eigenvalue weighted by atomic mass is 79.9. The third-order valence-corrected chi connectivity index (χ3v) is 2.34. The second-order valence-electron chi connectivity index (χ2n) is 2.69. The molecule has 0 fully saturated rings. The van der Waals surface area contributed by atoms with Gasteiger partial charge in [0.15, 0.2) is 10.3 Å². The molecule has 2 rings (SSSR count). The highest BCUT2D eigenvalue weighted by Crippen LogP contribution is 2.09. The van der Waals surface area contributed by atoms with Crippen molar-refractivity contribution in [2.75, 3.05) is 0 Å². The van der Waals surface area contributed by atoms with Crippen molar-refractivity contribution in [3.05, 3.63) is 21.4 Å². The summed E-state index contributed by atoms with van der Waals surface area (Å²) in [6, 6.07) is 0. The standard InChI is InChI=1S/C8H6BrN5O/c1-2-3-4-14-8(15)13-5-10-6(9)7(13)11-12-14/h5H,4H2,1H3. The van der Waals surface area contributed by atoms with Crippen LogP contribution in [0.5, 0.6) is 0 Å². The number of halogens is 1. The van der Waals surface area contributed by atoms with Crippen LogP contribution in [0, 0.1) is 11.8 Å². The van der Waals surface area contributed by atoms with E-state index < -0.39 is 0 Å². The Morgan fingerprint density at radius 2 is 2.40 bits per heavy atom. The lowest BCUT2D eigenvalue weighted by molar-refractivity contribution is 0.576. The molecular formula is C8H6BrN5O. The van der Waals surface area contributed by atoms with E-state index in [1.54, 1.807) is 6.92 Å². The fraction of sp³-hybridized carbons (Fsp3) is 0.250. The summed E-state index contributed by atoms with van der Waals surface area (Å²) in [4.78, 5) is 15.6. The lowest BCUT2D eigenvalue weighted by atomic mass is 10.6. The minimum atomic E-state index is -0.305. The number of hydrogen-bond donors (Lipinski definition) is 0. The number of imidazole rings is 1. The molecule has 0 saturated carbocycles. The maximum atomic E-state index is 11.7. The minimum Gasteiger partial charge on any atom is -0.245 e. The largest absolute Gasteiger partial charge is 0.353 e. The van der Waals surface area contributed by atoms with Gasteiger partial charge in [0.05, 0.1) is 0 Å². The molecule has 15 heavy (non-hydrogen) atoms. The molecule has 0 unspecified atom stereocenters. The average Bonchev–Trinajstić information content (AvgIpc) is 2.61. The topological polar surface area (TPSA) is 65.1 Å². The molecule has 76 valence electrons.